The molecule has 24 heavy (non-hydrogen) atoms. The van der Waals surface area contributed by atoms with Crippen LogP contribution in [0.2, 0.25) is 5.02 Å². The molecule has 0 fully saturated rings. The van der Waals surface area contributed by atoms with Crippen LogP contribution in [-0.4, -0.2) is 5.71 Å². The summed E-state index contributed by atoms with van der Waals surface area (Å²) in [6.07, 6.45) is 0. The van der Waals surface area contributed by atoms with Gasteiger partial charge in [0.2, 0.25) is 0 Å². The molecule has 1 aliphatic rings. The molecule has 0 spiro atoms. The van der Waals surface area contributed by atoms with E-state index in [1.807, 2.05) is 37.3 Å². The molecule has 1 aliphatic heterocycles. The van der Waals surface area contributed by atoms with Crippen LogP contribution in [0.1, 0.15) is 22.3 Å². The van der Waals surface area contributed by atoms with Gasteiger partial charge in [-0.3, -0.25) is 0 Å². The highest BCUT2D eigenvalue weighted by Crippen LogP contribution is 2.38. The quantitative estimate of drug-likeness (QED) is 0.442. The van der Waals surface area contributed by atoms with Gasteiger partial charge in [-0.15, -0.1) is 0 Å². The average molecular weight is 333 g/mol. The normalized spacial score (nSPS) is 12.5. The van der Waals surface area contributed by atoms with E-state index in [-0.39, 0.29) is 0 Å². The van der Waals surface area contributed by atoms with Crippen LogP contribution in [0.3, 0.4) is 0 Å². The number of rotatable bonds is 1. The first-order chi connectivity index (χ1) is 11.6. The third-order valence-electron chi connectivity index (χ3n) is 4.26. The molecule has 118 valence electrons. The van der Waals surface area contributed by atoms with Gasteiger partial charge in [0.25, 0.3) is 0 Å². The van der Waals surface area contributed by atoms with Crippen LogP contribution in [0.4, 0.5) is 17.1 Å². The molecule has 0 atom stereocenters. The summed E-state index contributed by atoms with van der Waals surface area (Å²) >= 11 is 6.32. The van der Waals surface area contributed by atoms with Gasteiger partial charge in [-0.2, -0.15) is 0 Å². The maximum absolute atomic E-state index is 6.32. The second kappa shape index (κ2) is 5.81. The molecule has 3 aromatic rings. The van der Waals surface area contributed by atoms with E-state index < -0.39 is 0 Å². The molecule has 1 heterocycles. The van der Waals surface area contributed by atoms with Crippen molar-refractivity contribution in [3.05, 3.63) is 87.9 Å². The molecule has 0 saturated heterocycles. The maximum Gasteiger partial charge on any atom is 0.0875 e. The Balaban J connectivity index is 2.02. The Bertz CT molecular complexity index is 959. The van der Waals surface area contributed by atoms with Gasteiger partial charge in [-0.25, -0.2) is 4.99 Å². The van der Waals surface area contributed by atoms with E-state index >= 15 is 0 Å². The maximum atomic E-state index is 6.32. The summed E-state index contributed by atoms with van der Waals surface area (Å²) in [7, 11) is 0. The molecule has 0 aliphatic carbocycles. The third-order valence-corrected chi connectivity index (χ3v) is 4.66. The van der Waals surface area contributed by atoms with Crippen molar-refractivity contribution in [2.45, 2.75) is 13.8 Å². The molecule has 1 N–H and O–H groups in total. The standard InChI is InChI=1S/C21H17ClN2/c1-13-8-9-18-16(10-13)21(15-6-4-3-5-7-15)24-19-11-14(2)17(22)12-20(19)23-18/h3-12,23H,1-2H3. The Morgan fingerprint density at radius 1 is 0.875 bits per heavy atom. The van der Waals surface area contributed by atoms with E-state index in [1.165, 1.54) is 5.56 Å². The molecule has 0 radical (unpaired) electrons. The Morgan fingerprint density at radius 2 is 1.67 bits per heavy atom. The van der Waals surface area contributed by atoms with E-state index in [9.17, 15) is 0 Å². The summed E-state index contributed by atoms with van der Waals surface area (Å²) in [5, 5.41) is 4.24. The van der Waals surface area contributed by atoms with Crippen molar-refractivity contribution in [3.63, 3.8) is 0 Å². The van der Waals surface area contributed by atoms with Crippen molar-refractivity contribution >= 4 is 34.4 Å². The summed E-state index contributed by atoms with van der Waals surface area (Å²) in [4.78, 5) is 4.99. The van der Waals surface area contributed by atoms with Crippen molar-refractivity contribution in [2.75, 3.05) is 5.32 Å². The molecule has 3 heteroatoms. The van der Waals surface area contributed by atoms with Crippen molar-refractivity contribution in [1.82, 2.24) is 0 Å². The number of halogens is 1. The van der Waals surface area contributed by atoms with Crippen molar-refractivity contribution in [1.29, 1.82) is 0 Å². The van der Waals surface area contributed by atoms with E-state index in [4.69, 9.17) is 16.6 Å². The van der Waals surface area contributed by atoms with Crippen LogP contribution in [0.15, 0.2) is 65.7 Å². The average Bonchev–Trinajstić information content (AvgIpc) is 2.73. The third kappa shape index (κ3) is 2.59. The minimum atomic E-state index is 0.744. The molecule has 0 unspecified atom stereocenters. The van der Waals surface area contributed by atoms with Crippen LogP contribution < -0.4 is 5.32 Å². The number of hydrogen-bond acceptors (Lipinski definition) is 2. The lowest BCUT2D eigenvalue weighted by atomic mass is 9.99. The topological polar surface area (TPSA) is 24.4 Å². The molecule has 0 saturated carbocycles. The second-order valence-electron chi connectivity index (χ2n) is 6.12. The van der Waals surface area contributed by atoms with Crippen LogP contribution >= 0.6 is 11.6 Å². The van der Waals surface area contributed by atoms with E-state index in [1.54, 1.807) is 0 Å². The Morgan fingerprint density at radius 3 is 2.46 bits per heavy atom. The molecule has 0 bridgehead atoms. The van der Waals surface area contributed by atoms with Crippen LogP contribution in [0, 0.1) is 13.8 Å². The van der Waals surface area contributed by atoms with E-state index in [0.29, 0.717) is 0 Å². The lowest BCUT2D eigenvalue weighted by Gasteiger charge is -2.12. The van der Waals surface area contributed by atoms with Gasteiger partial charge in [-0.1, -0.05) is 53.6 Å². The lowest BCUT2D eigenvalue weighted by molar-refractivity contribution is 1.42. The van der Waals surface area contributed by atoms with Crippen molar-refractivity contribution in [2.24, 2.45) is 4.99 Å². The van der Waals surface area contributed by atoms with E-state index in [2.05, 4.69) is 42.6 Å². The Hall–Kier alpha value is -2.58. The molecule has 2 nitrogen and oxygen atoms in total. The van der Waals surface area contributed by atoms with Gasteiger partial charge in [-0.05, 0) is 43.7 Å². The predicted molar refractivity (Wildman–Crippen MR) is 102 cm³/mol. The molecule has 3 aromatic carbocycles. The number of aryl methyl sites for hydroxylation is 2. The zero-order valence-corrected chi connectivity index (χ0v) is 14.4. The van der Waals surface area contributed by atoms with Gasteiger partial charge in [0.1, 0.15) is 0 Å². The zero-order valence-electron chi connectivity index (χ0n) is 13.6. The highest BCUT2D eigenvalue weighted by Gasteiger charge is 2.18. The number of anilines is 2. The first-order valence-electron chi connectivity index (χ1n) is 7.94. The predicted octanol–water partition coefficient (Wildman–Crippen LogP) is 6.18. The molecule has 4 rings (SSSR count). The summed E-state index contributed by atoms with van der Waals surface area (Å²) < 4.78 is 0. The fraction of sp³-hybridized carbons (Fsp3) is 0.0952. The van der Waals surface area contributed by atoms with Gasteiger partial charge < -0.3 is 5.32 Å². The SMILES string of the molecule is Cc1ccc2c(c1)C(c1ccccc1)=Nc1cc(C)c(Cl)cc1N2. The lowest BCUT2D eigenvalue weighted by Crippen LogP contribution is -2.05. The molecular formula is C21H17ClN2. The highest BCUT2D eigenvalue weighted by atomic mass is 35.5. The first-order valence-corrected chi connectivity index (χ1v) is 8.32. The Kier molecular flexibility index (Phi) is 3.62. The number of fused-ring (bicyclic) bond motifs is 2. The summed E-state index contributed by atoms with van der Waals surface area (Å²) in [6, 6.07) is 20.7. The van der Waals surface area contributed by atoms with Crippen LogP contribution in [0.5, 0.6) is 0 Å². The summed E-state index contributed by atoms with van der Waals surface area (Å²) in [5.74, 6) is 0. The van der Waals surface area contributed by atoms with Crippen molar-refractivity contribution < 1.29 is 0 Å². The number of hydrogen-bond donors (Lipinski definition) is 1. The number of benzene rings is 3. The van der Waals surface area contributed by atoms with Gasteiger partial charge in [0, 0.05) is 21.8 Å². The fourth-order valence-electron chi connectivity index (χ4n) is 2.96. The smallest absolute Gasteiger partial charge is 0.0875 e. The highest BCUT2D eigenvalue weighted by molar-refractivity contribution is 6.32. The Labute approximate surface area is 146 Å². The number of aliphatic imine (C=N–C) groups is 1. The number of nitrogens with zero attached hydrogens (tertiary/aromatic N) is 1. The summed E-state index contributed by atoms with van der Waals surface area (Å²) in [6.45, 7) is 4.10. The minimum Gasteiger partial charge on any atom is -0.353 e. The molecular weight excluding hydrogens is 316 g/mol. The summed E-state index contributed by atoms with van der Waals surface area (Å²) in [5.41, 5.74) is 8.29. The first kappa shape index (κ1) is 15.0. The van der Waals surface area contributed by atoms with Crippen molar-refractivity contribution in [3.8, 4) is 0 Å². The molecule has 0 amide bonds. The largest absolute Gasteiger partial charge is 0.353 e. The monoisotopic (exact) mass is 332 g/mol. The molecule has 0 aromatic heterocycles. The zero-order chi connectivity index (χ0) is 16.7. The minimum absolute atomic E-state index is 0.744. The van der Waals surface area contributed by atoms with Gasteiger partial charge in [0.05, 0.1) is 17.1 Å². The van der Waals surface area contributed by atoms with E-state index in [0.717, 1.165) is 44.5 Å². The van der Waals surface area contributed by atoms with Gasteiger partial charge in [0.15, 0.2) is 0 Å². The van der Waals surface area contributed by atoms with Crippen LogP contribution in [0.25, 0.3) is 0 Å². The van der Waals surface area contributed by atoms with Crippen LogP contribution in [-0.2, 0) is 0 Å². The number of nitrogens with one attached hydrogen (secondary N) is 1. The van der Waals surface area contributed by atoms with Gasteiger partial charge >= 0.3 is 0 Å². The second-order valence-corrected chi connectivity index (χ2v) is 6.53. The fourth-order valence-corrected chi connectivity index (χ4v) is 3.13.